The first kappa shape index (κ1) is 13.5. The van der Waals surface area contributed by atoms with E-state index < -0.39 is 0 Å². The van der Waals surface area contributed by atoms with E-state index in [1.54, 1.807) is 0 Å². The van der Waals surface area contributed by atoms with Gasteiger partial charge in [0.05, 0.1) is 18.4 Å². The lowest BCUT2D eigenvalue weighted by Gasteiger charge is -2.10. The van der Waals surface area contributed by atoms with Crippen LogP contribution >= 0.6 is 0 Å². The molecule has 100 valence electrons. The molecule has 1 fully saturated rings. The molecule has 0 aliphatic heterocycles. The lowest BCUT2D eigenvalue weighted by atomic mass is 10.2. The quantitative estimate of drug-likeness (QED) is 0.753. The predicted octanol–water partition coefficient (Wildman–Crippen LogP) is 3.04. The van der Waals surface area contributed by atoms with Gasteiger partial charge >= 0.3 is 0 Å². The third-order valence-electron chi connectivity index (χ3n) is 3.41. The van der Waals surface area contributed by atoms with Gasteiger partial charge in [0.15, 0.2) is 0 Å². The standard InChI is InChI=1S/C15H24N2O/c1-2-9-16-10-13-7-8-14(17-11-13)12-18-15-5-3-4-6-15/h7-8,11,15-16H,2-6,9-10,12H2,1H3. The Hall–Kier alpha value is -0.930. The molecule has 3 heteroatoms. The van der Waals surface area contributed by atoms with Crippen molar-refractivity contribution < 1.29 is 4.74 Å². The summed E-state index contributed by atoms with van der Waals surface area (Å²) >= 11 is 0. The minimum absolute atomic E-state index is 0.470. The van der Waals surface area contributed by atoms with Gasteiger partial charge in [0.2, 0.25) is 0 Å². The van der Waals surface area contributed by atoms with Gasteiger partial charge in [-0.05, 0) is 37.4 Å². The van der Waals surface area contributed by atoms with E-state index >= 15 is 0 Å². The summed E-state index contributed by atoms with van der Waals surface area (Å²) in [7, 11) is 0. The summed E-state index contributed by atoms with van der Waals surface area (Å²) in [5.74, 6) is 0. The van der Waals surface area contributed by atoms with Gasteiger partial charge < -0.3 is 10.1 Å². The average Bonchev–Trinajstić information content (AvgIpc) is 2.91. The highest BCUT2D eigenvalue weighted by Gasteiger charge is 2.15. The predicted molar refractivity (Wildman–Crippen MR) is 73.3 cm³/mol. The van der Waals surface area contributed by atoms with E-state index in [0.29, 0.717) is 12.7 Å². The van der Waals surface area contributed by atoms with Gasteiger partial charge in [0.1, 0.15) is 0 Å². The van der Waals surface area contributed by atoms with Gasteiger partial charge in [-0.25, -0.2) is 0 Å². The summed E-state index contributed by atoms with van der Waals surface area (Å²) in [5.41, 5.74) is 2.29. The van der Waals surface area contributed by atoms with Gasteiger partial charge in [-0.1, -0.05) is 25.8 Å². The van der Waals surface area contributed by atoms with Crippen molar-refractivity contribution in [3.05, 3.63) is 29.6 Å². The summed E-state index contributed by atoms with van der Waals surface area (Å²) in [6, 6.07) is 4.22. The summed E-state index contributed by atoms with van der Waals surface area (Å²) in [6.45, 7) is 4.80. The lowest BCUT2D eigenvalue weighted by molar-refractivity contribution is 0.0438. The fraction of sp³-hybridized carbons (Fsp3) is 0.667. The number of aromatic nitrogens is 1. The second-order valence-corrected chi connectivity index (χ2v) is 5.05. The van der Waals surface area contributed by atoms with Crippen LogP contribution in [0.1, 0.15) is 50.3 Å². The number of nitrogens with zero attached hydrogens (tertiary/aromatic N) is 1. The third kappa shape index (κ3) is 4.39. The van der Waals surface area contributed by atoms with Crippen LogP contribution in [0.15, 0.2) is 18.3 Å². The van der Waals surface area contributed by atoms with E-state index in [-0.39, 0.29) is 0 Å². The SMILES string of the molecule is CCCNCc1ccc(COC2CCCC2)nc1. The van der Waals surface area contributed by atoms with Crippen molar-refractivity contribution in [2.24, 2.45) is 0 Å². The molecule has 0 unspecified atom stereocenters. The molecule has 0 atom stereocenters. The Bertz CT molecular complexity index is 331. The second kappa shape index (κ2) is 7.49. The molecule has 1 aliphatic rings. The zero-order valence-electron chi connectivity index (χ0n) is 11.3. The summed E-state index contributed by atoms with van der Waals surface area (Å²) < 4.78 is 5.85. The molecule has 0 aromatic carbocycles. The molecule has 1 aromatic heterocycles. The van der Waals surface area contributed by atoms with Crippen LogP contribution in [0.2, 0.25) is 0 Å². The highest BCUT2D eigenvalue weighted by molar-refractivity contribution is 5.13. The summed E-state index contributed by atoms with van der Waals surface area (Å²) in [4.78, 5) is 4.45. The Morgan fingerprint density at radius 1 is 1.33 bits per heavy atom. The Labute approximate surface area is 110 Å². The van der Waals surface area contributed by atoms with Gasteiger partial charge in [-0.3, -0.25) is 4.98 Å². The summed E-state index contributed by atoms with van der Waals surface area (Å²) in [5, 5.41) is 3.38. The largest absolute Gasteiger partial charge is 0.372 e. The summed E-state index contributed by atoms with van der Waals surface area (Å²) in [6.07, 6.45) is 8.67. The minimum atomic E-state index is 0.470. The van der Waals surface area contributed by atoms with Crippen molar-refractivity contribution in [1.29, 1.82) is 0 Å². The van der Waals surface area contributed by atoms with Crippen LogP contribution in [0.25, 0.3) is 0 Å². The smallest absolute Gasteiger partial charge is 0.0891 e. The number of rotatable bonds is 7. The number of hydrogen-bond donors (Lipinski definition) is 1. The molecule has 2 rings (SSSR count). The number of pyridine rings is 1. The molecule has 1 aromatic rings. The fourth-order valence-corrected chi connectivity index (χ4v) is 2.31. The van der Waals surface area contributed by atoms with Crippen LogP contribution < -0.4 is 5.32 Å². The maximum absolute atomic E-state index is 5.85. The minimum Gasteiger partial charge on any atom is -0.372 e. The van der Waals surface area contributed by atoms with E-state index in [1.807, 2.05) is 6.20 Å². The van der Waals surface area contributed by atoms with E-state index in [2.05, 4.69) is 29.4 Å². The van der Waals surface area contributed by atoms with Crippen molar-refractivity contribution in [3.63, 3.8) is 0 Å². The molecule has 18 heavy (non-hydrogen) atoms. The highest BCUT2D eigenvalue weighted by atomic mass is 16.5. The van der Waals surface area contributed by atoms with Crippen LogP contribution in [-0.4, -0.2) is 17.6 Å². The van der Waals surface area contributed by atoms with Crippen molar-refractivity contribution in [2.45, 2.75) is 58.3 Å². The number of nitrogens with one attached hydrogen (secondary N) is 1. The first-order chi connectivity index (χ1) is 8.88. The van der Waals surface area contributed by atoms with Crippen LogP contribution in [0.5, 0.6) is 0 Å². The maximum Gasteiger partial charge on any atom is 0.0891 e. The highest BCUT2D eigenvalue weighted by Crippen LogP contribution is 2.21. The molecule has 0 radical (unpaired) electrons. The molecule has 0 bridgehead atoms. The molecule has 1 heterocycles. The van der Waals surface area contributed by atoms with Crippen LogP contribution in [0.4, 0.5) is 0 Å². The molecule has 1 saturated carbocycles. The molecule has 1 aliphatic carbocycles. The Morgan fingerprint density at radius 3 is 2.83 bits per heavy atom. The zero-order chi connectivity index (χ0) is 12.6. The topological polar surface area (TPSA) is 34.1 Å². The lowest BCUT2D eigenvalue weighted by Crippen LogP contribution is -2.14. The van der Waals surface area contributed by atoms with Gasteiger partial charge in [0.25, 0.3) is 0 Å². The molecule has 0 saturated heterocycles. The Kier molecular flexibility index (Phi) is 5.62. The number of ether oxygens (including phenoxy) is 1. The molecular formula is C15H24N2O. The maximum atomic E-state index is 5.85. The molecule has 3 nitrogen and oxygen atoms in total. The van der Waals surface area contributed by atoms with Crippen LogP contribution in [0.3, 0.4) is 0 Å². The molecule has 0 amide bonds. The van der Waals surface area contributed by atoms with Crippen LogP contribution in [0, 0.1) is 0 Å². The third-order valence-corrected chi connectivity index (χ3v) is 3.41. The second-order valence-electron chi connectivity index (χ2n) is 5.05. The van der Waals surface area contributed by atoms with Crippen molar-refractivity contribution in [1.82, 2.24) is 10.3 Å². The van der Waals surface area contributed by atoms with E-state index in [4.69, 9.17) is 4.74 Å². The van der Waals surface area contributed by atoms with E-state index in [0.717, 1.165) is 18.8 Å². The Balaban J connectivity index is 1.72. The first-order valence-corrected chi connectivity index (χ1v) is 7.14. The van der Waals surface area contributed by atoms with Crippen molar-refractivity contribution in [2.75, 3.05) is 6.54 Å². The van der Waals surface area contributed by atoms with Gasteiger partial charge in [-0.2, -0.15) is 0 Å². The number of hydrogen-bond acceptors (Lipinski definition) is 3. The van der Waals surface area contributed by atoms with Crippen molar-refractivity contribution in [3.8, 4) is 0 Å². The first-order valence-electron chi connectivity index (χ1n) is 7.14. The average molecular weight is 248 g/mol. The monoisotopic (exact) mass is 248 g/mol. The molecular weight excluding hydrogens is 224 g/mol. The molecule has 1 N–H and O–H groups in total. The van der Waals surface area contributed by atoms with Gasteiger partial charge in [-0.15, -0.1) is 0 Å². The fourth-order valence-electron chi connectivity index (χ4n) is 2.31. The normalized spacial score (nSPS) is 16.3. The van der Waals surface area contributed by atoms with Gasteiger partial charge in [0, 0.05) is 12.7 Å². The van der Waals surface area contributed by atoms with Crippen molar-refractivity contribution >= 4 is 0 Å². The molecule has 0 spiro atoms. The van der Waals surface area contributed by atoms with E-state index in [9.17, 15) is 0 Å². The Morgan fingerprint density at radius 2 is 2.17 bits per heavy atom. The zero-order valence-corrected chi connectivity index (χ0v) is 11.3. The van der Waals surface area contributed by atoms with E-state index in [1.165, 1.54) is 37.7 Å². The van der Waals surface area contributed by atoms with Crippen LogP contribution in [-0.2, 0) is 17.9 Å².